The van der Waals surface area contributed by atoms with Gasteiger partial charge in [0.2, 0.25) is 0 Å². The van der Waals surface area contributed by atoms with Gasteiger partial charge in [-0.2, -0.15) is 5.10 Å². The van der Waals surface area contributed by atoms with Gasteiger partial charge in [0.1, 0.15) is 23.9 Å². The first-order valence-corrected chi connectivity index (χ1v) is 18.4. The maximum absolute atomic E-state index is 13.2. The zero-order chi connectivity index (χ0) is 39.8. The third-order valence-electron chi connectivity index (χ3n) is 11.0. The van der Waals surface area contributed by atoms with Gasteiger partial charge in [0, 0.05) is 46.7 Å². The van der Waals surface area contributed by atoms with E-state index in [-0.39, 0.29) is 47.6 Å². The van der Waals surface area contributed by atoms with Gasteiger partial charge in [-0.1, -0.05) is 27.7 Å². The summed E-state index contributed by atoms with van der Waals surface area (Å²) in [6, 6.07) is 17.3. The number of benzene rings is 3. The number of aliphatic hydroxyl groups is 1. The van der Waals surface area contributed by atoms with E-state index < -0.39 is 17.3 Å². The van der Waals surface area contributed by atoms with Crippen molar-refractivity contribution in [2.45, 2.75) is 65.2 Å². The molecule has 2 aliphatic heterocycles. The Labute approximate surface area is 319 Å². The molecule has 0 aliphatic carbocycles. The number of hydrogen-bond acceptors (Lipinski definition) is 10. The van der Waals surface area contributed by atoms with Crippen LogP contribution in [0.15, 0.2) is 76.4 Å². The molecule has 1 atom stereocenters. The predicted octanol–water partition coefficient (Wildman–Crippen LogP) is 5.60. The molecule has 0 bridgehead atoms. The van der Waals surface area contributed by atoms with E-state index in [1.807, 2.05) is 62.8 Å². The Kier molecular flexibility index (Phi) is 8.60. The first-order chi connectivity index (χ1) is 26.7. The van der Waals surface area contributed by atoms with Crippen LogP contribution in [0, 0.1) is 0 Å². The molecule has 4 aromatic heterocycles. The van der Waals surface area contributed by atoms with Crippen molar-refractivity contribution >= 4 is 27.8 Å². The molecule has 0 saturated carbocycles. The van der Waals surface area contributed by atoms with Gasteiger partial charge in [-0.15, -0.1) is 0 Å². The van der Waals surface area contributed by atoms with E-state index in [9.17, 15) is 34.8 Å². The Morgan fingerprint density at radius 2 is 1.73 bits per heavy atom. The van der Waals surface area contributed by atoms with Crippen LogP contribution in [0.5, 0.6) is 17.2 Å². The van der Waals surface area contributed by atoms with Crippen LogP contribution in [-0.2, 0) is 41.8 Å². The molecule has 0 amide bonds. The lowest BCUT2D eigenvalue weighted by Crippen LogP contribution is -2.44. The Morgan fingerprint density at radius 3 is 2.46 bits per heavy atom. The minimum absolute atomic E-state index is 0.0152. The minimum Gasteiger partial charge on any atom is -0.508 e. The van der Waals surface area contributed by atoms with Crippen molar-refractivity contribution in [2.75, 3.05) is 0 Å². The number of hydrogen-bond donors (Lipinski definition) is 5. The highest BCUT2D eigenvalue weighted by molar-refractivity contribution is 5.90. The highest BCUT2D eigenvalue weighted by Gasteiger charge is 2.45. The first-order valence-electron chi connectivity index (χ1n) is 18.4. The second-order valence-electron chi connectivity index (χ2n) is 14.5. The molecule has 56 heavy (non-hydrogen) atoms. The number of ether oxygens (including phenoxy) is 1. The Morgan fingerprint density at radius 1 is 0.946 bits per heavy atom. The number of fused-ring (bicyclic) bond motifs is 6. The van der Waals surface area contributed by atoms with Crippen LogP contribution in [0.1, 0.15) is 67.9 Å². The molecule has 0 spiro atoms. The van der Waals surface area contributed by atoms with Crippen molar-refractivity contribution in [3.63, 3.8) is 0 Å². The van der Waals surface area contributed by atoms with Crippen molar-refractivity contribution < 1.29 is 30.0 Å². The molecular weight excluding hydrogens is 716 g/mol. The molecular formula is C42H40N6O8. The van der Waals surface area contributed by atoms with Crippen LogP contribution in [0.3, 0.4) is 0 Å². The quantitative estimate of drug-likeness (QED) is 0.138. The lowest BCUT2D eigenvalue weighted by molar-refractivity contribution is -0.172. The summed E-state index contributed by atoms with van der Waals surface area (Å²) >= 11 is 0. The number of nitrogens with one attached hydrogen (secondary N) is 1. The van der Waals surface area contributed by atoms with Gasteiger partial charge < -0.3 is 34.3 Å². The predicted molar refractivity (Wildman–Crippen MR) is 209 cm³/mol. The van der Waals surface area contributed by atoms with Crippen molar-refractivity contribution in [2.24, 2.45) is 7.05 Å². The number of pyridine rings is 2. The van der Waals surface area contributed by atoms with Gasteiger partial charge in [-0.3, -0.25) is 4.79 Å². The van der Waals surface area contributed by atoms with Crippen LogP contribution in [0.2, 0.25) is 0 Å². The molecule has 286 valence electrons. The summed E-state index contributed by atoms with van der Waals surface area (Å²) in [4.78, 5) is 42.7. The topological polar surface area (TPSA) is 198 Å². The number of aryl methyl sites for hydroxylation is 2. The molecule has 7 aromatic rings. The van der Waals surface area contributed by atoms with Crippen LogP contribution >= 0.6 is 0 Å². The normalized spacial score (nSPS) is 15.7. The fourth-order valence-electron chi connectivity index (χ4n) is 7.91. The molecule has 6 heterocycles. The lowest BCUT2D eigenvalue weighted by Gasteiger charge is -2.31. The number of aromatic amines is 1. The largest absolute Gasteiger partial charge is 0.508 e. The van der Waals surface area contributed by atoms with E-state index in [2.05, 4.69) is 10.2 Å². The van der Waals surface area contributed by atoms with Gasteiger partial charge in [0.25, 0.3) is 5.56 Å². The number of phenolic OH excluding ortho intramolecular Hbond substituents is 3. The average Bonchev–Trinajstić information content (AvgIpc) is 3.86. The Hall–Kier alpha value is -6.67. The fraction of sp³-hybridized carbons (Fsp3) is 0.262. The molecule has 3 aromatic carbocycles. The third kappa shape index (κ3) is 5.55. The summed E-state index contributed by atoms with van der Waals surface area (Å²) in [5.41, 5.74) is 4.80. The molecule has 5 N–H and O–H groups in total. The van der Waals surface area contributed by atoms with E-state index in [0.717, 1.165) is 32.9 Å². The number of aromatic hydroxyl groups is 3. The molecule has 2 aliphatic rings. The zero-order valence-electron chi connectivity index (χ0n) is 31.4. The van der Waals surface area contributed by atoms with E-state index in [1.54, 1.807) is 41.8 Å². The number of rotatable bonds is 5. The number of nitrogens with zero attached hydrogens (tertiary/aromatic N) is 5. The number of esters is 1. The SMILES string of the molecule is CC(C)c1cc(-c2n[nH]c(=O)n2-c2ccc3c(ccn3C)c2)c(O)cc1O.CCc1c2c(nc3ccc(O)cc13)-c1cc3c(c(=O)n1C2)COC(=O)[C@]3(O)CC. The molecule has 0 fully saturated rings. The minimum atomic E-state index is -1.83. The van der Waals surface area contributed by atoms with E-state index in [4.69, 9.17) is 9.72 Å². The summed E-state index contributed by atoms with van der Waals surface area (Å²) in [6.07, 6.45) is 2.78. The van der Waals surface area contributed by atoms with Crippen molar-refractivity contribution in [3.8, 4) is 45.7 Å². The van der Waals surface area contributed by atoms with Gasteiger partial charge in [0.15, 0.2) is 11.4 Å². The first kappa shape index (κ1) is 36.3. The summed E-state index contributed by atoms with van der Waals surface area (Å²) < 4.78 is 10.2. The number of carbonyl (C=O) groups is 1. The van der Waals surface area contributed by atoms with E-state index >= 15 is 0 Å². The average molecular weight is 757 g/mol. The summed E-state index contributed by atoms with van der Waals surface area (Å²) in [7, 11) is 1.96. The van der Waals surface area contributed by atoms with Crippen molar-refractivity contribution in [1.29, 1.82) is 0 Å². The number of phenols is 3. The molecule has 0 saturated heterocycles. The monoisotopic (exact) mass is 756 g/mol. The molecule has 14 heteroatoms. The maximum Gasteiger partial charge on any atom is 0.348 e. The van der Waals surface area contributed by atoms with Crippen LogP contribution in [0.25, 0.3) is 50.3 Å². The smallest absolute Gasteiger partial charge is 0.348 e. The third-order valence-corrected chi connectivity index (χ3v) is 11.0. The second-order valence-corrected chi connectivity index (χ2v) is 14.5. The van der Waals surface area contributed by atoms with Gasteiger partial charge in [-0.05, 0) is 84.5 Å². The van der Waals surface area contributed by atoms with Gasteiger partial charge in [-0.25, -0.2) is 24.2 Å². The number of aromatic nitrogens is 6. The van der Waals surface area contributed by atoms with Crippen LogP contribution in [0.4, 0.5) is 0 Å². The van der Waals surface area contributed by atoms with Gasteiger partial charge in [0.05, 0.1) is 40.3 Å². The molecule has 0 radical (unpaired) electrons. The van der Waals surface area contributed by atoms with E-state index in [0.29, 0.717) is 52.3 Å². The summed E-state index contributed by atoms with van der Waals surface area (Å²) in [5, 5.41) is 49.7. The van der Waals surface area contributed by atoms with Crippen molar-refractivity contribution in [1.82, 2.24) is 28.9 Å². The highest BCUT2D eigenvalue weighted by Crippen LogP contribution is 2.41. The second kappa shape index (κ2) is 13.3. The fourth-order valence-corrected chi connectivity index (χ4v) is 7.91. The number of cyclic esters (lactones) is 1. The molecule has 9 rings (SSSR count). The van der Waals surface area contributed by atoms with Crippen LogP contribution in [-0.4, -0.2) is 55.3 Å². The number of H-pyrrole nitrogens is 1. The maximum atomic E-state index is 13.2. The Bertz CT molecular complexity index is 2880. The number of carbonyl (C=O) groups excluding carboxylic acids is 1. The molecule has 14 nitrogen and oxygen atoms in total. The Balaban J connectivity index is 0.000000158. The summed E-state index contributed by atoms with van der Waals surface area (Å²) in [6.45, 7) is 7.81. The van der Waals surface area contributed by atoms with Gasteiger partial charge >= 0.3 is 11.7 Å². The van der Waals surface area contributed by atoms with Crippen LogP contribution < -0.4 is 11.2 Å². The summed E-state index contributed by atoms with van der Waals surface area (Å²) in [5.74, 6) is -0.356. The molecule has 0 unspecified atom stereocenters. The zero-order valence-corrected chi connectivity index (χ0v) is 31.4. The highest BCUT2D eigenvalue weighted by atomic mass is 16.6. The van der Waals surface area contributed by atoms with Crippen molar-refractivity contribution in [3.05, 3.63) is 116 Å². The standard InChI is InChI=1S/C22H20N2O5.C20H20N4O3/c1-3-12-13-7-11(25)5-6-17(13)23-19-14(12)9-24-18(19)8-16-15(20(24)26)10-29-21(27)22(16,28)4-2;1-11(2)14-9-15(18(26)10-17(14)25)19-21-22-20(27)24(19)13-4-5-16-12(8-13)6-7-23(16)3/h5-8,25,28H,3-4,9-10H2,1-2H3;4-11,25-26H,1-3H3,(H,22,27)/t22-;/m0./s1. The lowest BCUT2D eigenvalue weighted by atomic mass is 9.86. The van der Waals surface area contributed by atoms with E-state index in [1.165, 1.54) is 10.6 Å².